The summed E-state index contributed by atoms with van der Waals surface area (Å²) in [7, 11) is 0. The van der Waals surface area contributed by atoms with Crippen LogP contribution in [0.5, 0.6) is 0 Å². The van der Waals surface area contributed by atoms with Crippen molar-refractivity contribution in [2.45, 2.75) is 20.8 Å². The van der Waals surface area contributed by atoms with Gasteiger partial charge in [-0.2, -0.15) is 0 Å². The Balaban J connectivity index is 2.73. The maximum absolute atomic E-state index is 11.4. The van der Waals surface area contributed by atoms with E-state index in [9.17, 15) is 4.79 Å². The second kappa shape index (κ2) is 4.49. The van der Waals surface area contributed by atoms with E-state index in [2.05, 4.69) is 45.6 Å². The largest absolute Gasteiger partial charge is 0.317 e. The topological polar surface area (TPSA) is 22.0 Å². The van der Waals surface area contributed by atoms with E-state index in [0.29, 0.717) is 0 Å². The zero-order valence-electron chi connectivity index (χ0n) is 10.1. The second-order valence-corrected chi connectivity index (χ2v) is 5.12. The van der Waals surface area contributed by atoms with Gasteiger partial charge in [-0.25, -0.2) is 0 Å². The summed E-state index contributed by atoms with van der Waals surface area (Å²) in [5, 5.41) is 0. The van der Waals surface area contributed by atoms with Crippen LogP contribution in [0.4, 0.5) is 0 Å². The molecule has 0 aliphatic heterocycles. The number of hydrogen-bond acceptors (Lipinski definition) is 1. The van der Waals surface area contributed by atoms with Crippen molar-refractivity contribution in [2.24, 2.45) is 0 Å². The number of aryl methyl sites for hydroxylation is 3. The molecular formula is C14H14BrNO. The van der Waals surface area contributed by atoms with Gasteiger partial charge in [-0.15, -0.1) is 0 Å². The molecule has 0 spiro atoms. The minimum absolute atomic E-state index is 0.0551. The fourth-order valence-electron chi connectivity index (χ4n) is 2.03. The summed E-state index contributed by atoms with van der Waals surface area (Å²) in [5.41, 5.74) is 4.21. The number of rotatable bonds is 1. The Bertz CT molecular complexity index is 602. The Kier molecular flexibility index (Phi) is 3.20. The summed E-state index contributed by atoms with van der Waals surface area (Å²) >= 11 is 3.57. The molecule has 2 rings (SSSR count). The highest BCUT2D eigenvalue weighted by molar-refractivity contribution is 9.10. The third kappa shape index (κ3) is 2.34. The zero-order valence-corrected chi connectivity index (χ0v) is 11.7. The van der Waals surface area contributed by atoms with E-state index in [1.165, 1.54) is 5.56 Å². The highest BCUT2D eigenvalue weighted by Gasteiger charge is 2.07. The van der Waals surface area contributed by atoms with Crippen molar-refractivity contribution in [3.8, 4) is 5.69 Å². The number of hydrogen-bond donors (Lipinski definition) is 0. The molecule has 0 unspecified atom stereocenters. The van der Waals surface area contributed by atoms with Crippen LogP contribution in [0.25, 0.3) is 5.69 Å². The lowest BCUT2D eigenvalue weighted by molar-refractivity contribution is 0.917. The SMILES string of the molecule is Cc1ccc(-n2c(C)cc(=O)cc2C)c(Br)c1. The lowest BCUT2D eigenvalue weighted by Crippen LogP contribution is -2.11. The Morgan fingerprint density at radius 2 is 1.59 bits per heavy atom. The second-order valence-electron chi connectivity index (χ2n) is 4.26. The number of aromatic nitrogens is 1. The molecule has 2 nitrogen and oxygen atoms in total. The van der Waals surface area contributed by atoms with Crippen LogP contribution >= 0.6 is 15.9 Å². The third-order valence-corrected chi connectivity index (χ3v) is 3.39. The van der Waals surface area contributed by atoms with Crippen molar-refractivity contribution in [1.82, 2.24) is 4.57 Å². The quantitative estimate of drug-likeness (QED) is 0.788. The molecule has 1 heterocycles. The summed E-state index contributed by atoms with van der Waals surface area (Å²) in [5.74, 6) is 0. The van der Waals surface area contributed by atoms with E-state index in [1.54, 1.807) is 12.1 Å². The average molecular weight is 292 g/mol. The van der Waals surface area contributed by atoms with Crippen LogP contribution < -0.4 is 5.43 Å². The molecule has 0 aliphatic carbocycles. The predicted molar refractivity (Wildman–Crippen MR) is 74.0 cm³/mol. The summed E-state index contributed by atoms with van der Waals surface area (Å²) in [6.45, 7) is 5.95. The van der Waals surface area contributed by atoms with E-state index in [0.717, 1.165) is 21.5 Å². The summed E-state index contributed by atoms with van der Waals surface area (Å²) < 4.78 is 3.11. The molecule has 3 heteroatoms. The van der Waals surface area contributed by atoms with Gasteiger partial charge in [0.05, 0.1) is 5.69 Å². The fraction of sp³-hybridized carbons (Fsp3) is 0.214. The molecule has 0 bridgehead atoms. The molecule has 2 aromatic rings. The Morgan fingerprint density at radius 1 is 1.00 bits per heavy atom. The molecule has 0 aliphatic rings. The maximum Gasteiger partial charge on any atom is 0.182 e. The summed E-state index contributed by atoms with van der Waals surface area (Å²) in [6, 6.07) is 9.51. The number of pyridine rings is 1. The first-order valence-electron chi connectivity index (χ1n) is 5.46. The van der Waals surface area contributed by atoms with Gasteiger partial charge in [-0.05, 0) is 54.4 Å². The van der Waals surface area contributed by atoms with E-state index in [-0.39, 0.29) is 5.43 Å². The van der Waals surface area contributed by atoms with Crippen LogP contribution in [-0.4, -0.2) is 4.57 Å². The van der Waals surface area contributed by atoms with Crippen molar-refractivity contribution < 1.29 is 0 Å². The van der Waals surface area contributed by atoms with Crippen LogP contribution in [0, 0.1) is 20.8 Å². The Labute approximate surface area is 109 Å². The third-order valence-electron chi connectivity index (χ3n) is 2.75. The lowest BCUT2D eigenvalue weighted by Gasteiger charge is -2.16. The highest BCUT2D eigenvalue weighted by atomic mass is 79.9. The van der Waals surface area contributed by atoms with Crippen molar-refractivity contribution in [3.63, 3.8) is 0 Å². The molecule has 0 N–H and O–H groups in total. The number of benzene rings is 1. The number of halogens is 1. The molecular weight excluding hydrogens is 278 g/mol. The van der Waals surface area contributed by atoms with Crippen LogP contribution in [0.2, 0.25) is 0 Å². The summed E-state index contributed by atoms with van der Waals surface area (Å²) in [6.07, 6.45) is 0. The van der Waals surface area contributed by atoms with Gasteiger partial charge in [-0.3, -0.25) is 4.79 Å². The molecule has 0 amide bonds. The summed E-state index contributed by atoms with van der Waals surface area (Å²) in [4.78, 5) is 11.4. The minimum atomic E-state index is 0.0551. The standard InChI is InChI=1S/C14H14BrNO/c1-9-4-5-14(13(15)6-9)16-10(2)7-12(17)8-11(16)3/h4-8H,1-3H3. The van der Waals surface area contributed by atoms with Crippen LogP contribution in [0.15, 0.2) is 39.6 Å². The molecule has 0 saturated heterocycles. The first-order valence-corrected chi connectivity index (χ1v) is 6.25. The monoisotopic (exact) mass is 291 g/mol. The normalized spacial score (nSPS) is 10.6. The molecule has 1 aromatic heterocycles. The minimum Gasteiger partial charge on any atom is -0.317 e. The van der Waals surface area contributed by atoms with Gasteiger partial charge in [0.1, 0.15) is 0 Å². The van der Waals surface area contributed by atoms with Gasteiger partial charge in [0.25, 0.3) is 0 Å². The molecule has 0 radical (unpaired) electrons. The zero-order chi connectivity index (χ0) is 12.6. The predicted octanol–water partition coefficient (Wildman–Crippen LogP) is 3.53. The van der Waals surface area contributed by atoms with Crippen molar-refractivity contribution in [2.75, 3.05) is 0 Å². The van der Waals surface area contributed by atoms with E-state index >= 15 is 0 Å². The van der Waals surface area contributed by atoms with Crippen molar-refractivity contribution >= 4 is 15.9 Å². The van der Waals surface area contributed by atoms with Crippen molar-refractivity contribution in [1.29, 1.82) is 0 Å². The van der Waals surface area contributed by atoms with Crippen LogP contribution in [-0.2, 0) is 0 Å². The van der Waals surface area contributed by atoms with Gasteiger partial charge in [0.2, 0.25) is 0 Å². The lowest BCUT2D eigenvalue weighted by atomic mass is 10.2. The Hall–Kier alpha value is -1.35. The van der Waals surface area contributed by atoms with Gasteiger partial charge < -0.3 is 4.57 Å². The highest BCUT2D eigenvalue weighted by Crippen LogP contribution is 2.24. The van der Waals surface area contributed by atoms with E-state index in [4.69, 9.17) is 0 Å². The molecule has 17 heavy (non-hydrogen) atoms. The molecule has 0 saturated carbocycles. The molecule has 88 valence electrons. The van der Waals surface area contributed by atoms with Gasteiger partial charge in [0.15, 0.2) is 5.43 Å². The molecule has 1 aromatic carbocycles. The van der Waals surface area contributed by atoms with Gasteiger partial charge >= 0.3 is 0 Å². The Morgan fingerprint density at radius 3 is 2.12 bits per heavy atom. The van der Waals surface area contributed by atoms with Crippen LogP contribution in [0.3, 0.4) is 0 Å². The van der Waals surface area contributed by atoms with E-state index < -0.39 is 0 Å². The number of nitrogens with zero attached hydrogens (tertiary/aromatic N) is 1. The molecule has 0 fully saturated rings. The maximum atomic E-state index is 11.4. The fourth-order valence-corrected chi connectivity index (χ4v) is 2.70. The van der Waals surface area contributed by atoms with Gasteiger partial charge in [0, 0.05) is 28.0 Å². The van der Waals surface area contributed by atoms with Gasteiger partial charge in [-0.1, -0.05) is 6.07 Å². The smallest absolute Gasteiger partial charge is 0.182 e. The van der Waals surface area contributed by atoms with Crippen molar-refractivity contribution in [3.05, 3.63) is 62.0 Å². The van der Waals surface area contributed by atoms with E-state index in [1.807, 2.05) is 13.8 Å². The first-order chi connectivity index (χ1) is 7.99. The average Bonchev–Trinajstić information content (AvgIpc) is 2.19. The first kappa shape index (κ1) is 12.1. The molecule has 0 atom stereocenters. The van der Waals surface area contributed by atoms with Crippen LogP contribution in [0.1, 0.15) is 17.0 Å².